The van der Waals surface area contributed by atoms with Crippen LogP contribution in [-0.4, -0.2) is 5.91 Å². The average Bonchev–Trinajstić information content (AvgIpc) is 2.41. The number of amides is 1. The monoisotopic (exact) mass is 315 g/mol. The Labute approximate surface area is 119 Å². The van der Waals surface area contributed by atoms with Gasteiger partial charge < -0.3 is 11.1 Å². The summed E-state index contributed by atoms with van der Waals surface area (Å²) < 4.78 is 0.834. The largest absolute Gasteiger partial charge is 0.366 e. The molecule has 0 heterocycles. The minimum Gasteiger partial charge on any atom is -0.366 e. The fourth-order valence-electron chi connectivity index (χ4n) is 1.62. The quantitative estimate of drug-likeness (QED) is 0.913. The van der Waals surface area contributed by atoms with E-state index in [1.54, 1.807) is 36.4 Å². The van der Waals surface area contributed by atoms with Gasteiger partial charge in [0.15, 0.2) is 0 Å². The topological polar surface area (TPSA) is 78.9 Å². The molecule has 4 nitrogen and oxygen atoms in total. The molecule has 0 saturated heterocycles. The molecule has 94 valence electrons. The average molecular weight is 316 g/mol. The summed E-state index contributed by atoms with van der Waals surface area (Å²) in [5.41, 5.74) is 7.53. The second kappa shape index (κ2) is 5.55. The zero-order valence-corrected chi connectivity index (χ0v) is 11.4. The van der Waals surface area contributed by atoms with Crippen LogP contribution in [0.15, 0.2) is 46.9 Å². The van der Waals surface area contributed by atoms with Crippen molar-refractivity contribution in [2.45, 2.75) is 0 Å². The van der Waals surface area contributed by atoms with Crippen molar-refractivity contribution >= 4 is 33.2 Å². The number of hydrogen-bond donors (Lipinski definition) is 2. The van der Waals surface area contributed by atoms with Gasteiger partial charge in [0.1, 0.15) is 6.07 Å². The highest BCUT2D eigenvalue weighted by Crippen LogP contribution is 2.24. The van der Waals surface area contributed by atoms with E-state index >= 15 is 0 Å². The first-order valence-corrected chi connectivity index (χ1v) is 6.26. The van der Waals surface area contributed by atoms with Crippen LogP contribution in [0.5, 0.6) is 0 Å². The van der Waals surface area contributed by atoms with E-state index in [9.17, 15) is 4.79 Å². The molecule has 2 rings (SSSR count). The van der Waals surface area contributed by atoms with Crippen LogP contribution in [-0.2, 0) is 0 Å². The molecule has 5 heteroatoms. The Hall–Kier alpha value is -2.32. The maximum absolute atomic E-state index is 11.1. The van der Waals surface area contributed by atoms with E-state index in [0.717, 1.165) is 4.47 Å². The van der Waals surface area contributed by atoms with Crippen LogP contribution in [0.4, 0.5) is 11.4 Å². The molecule has 0 aliphatic heterocycles. The molecule has 3 N–H and O–H groups in total. The van der Waals surface area contributed by atoms with Gasteiger partial charge in [-0.25, -0.2) is 0 Å². The maximum Gasteiger partial charge on any atom is 0.248 e. The highest BCUT2D eigenvalue weighted by molar-refractivity contribution is 9.10. The number of hydrogen-bond acceptors (Lipinski definition) is 3. The van der Waals surface area contributed by atoms with Gasteiger partial charge in [-0.05, 0) is 36.4 Å². The van der Waals surface area contributed by atoms with E-state index in [2.05, 4.69) is 27.3 Å². The van der Waals surface area contributed by atoms with Gasteiger partial charge in [-0.1, -0.05) is 22.0 Å². The van der Waals surface area contributed by atoms with Crippen molar-refractivity contribution in [1.29, 1.82) is 5.26 Å². The summed E-state index contributed by atoms with van der Waals surface area (Å²) in [7, 11) is 0. The molecule has 2 aromatic rings. The highest BCUT2D eigenvalue weighted by Gasteiger charge is 2.05. The molecular formula is C14H10BrN3O. The highest BCUT2D eigenvalue weighted by atomic mass is 79.9. The van der Waals surface area contributed by atoms with Crippen molar-refractivity contribution in [3.63, 3.8) is 0 Å². The molecule has 0 radical (unpaired) electrons. The van der Waals surface area contributed by atoms with Gasteiger partial charge in [0, 0.05) is 15.7 Å². The lowest BCUT2D eigenvalue weighted by Gasteiger charge is -2.09. The van der Waals surface area contributed by atoms with Crippen LogP contribution < -0.4 is 11.1 Å². The summed E-state index contributed by atoms with van der Waals surface area (Å²) in [5, 5.41) is 12.2. The van der Waals surface area contributed by atoms with Gasteiger partial charge in [-0.15, -0.1) is 0 Å². The molecule has 0 aliphatic carbocycles. The van der Waals surface area contributed by atoms with E-state index in [0.29, 0.717) is 22.5 Å². The molecule has 0 saturated carbocycles. The first-order valence-electron chi connectivity index (χ1n) is 5.46. The standard InChI is InChI=1S/C14H10BrN3O/c15-11-4-5-13(10(6-11)8-16)18-12-3-1-2-9(7-12)14(17)19/h1-7,18H,(H2,17,19). The molecule has 0 spiro atoms. The molecule has 19 heavy (non-hydrogen) atoms. The molecule has 0 unspecified atom stereocenters. The minimum absolute atomic E-state index is 0.417. The van der Waals surface area contributed by atoms with E-state index in [1.165, 1.54) is 0 Å². The Balaban J connectivity index is 2.34. The number of rotatable bonds is 3. The molecule has 0 bridgehead atoms. The Morgan fingerprint density at radius 2 is 2.05 bits per heavy atom. The lowest BCUT2D eigenvalue weighted by Crippen LogP contribution is -2.10. The van der Waals surface area contributed by atoms with Gasteiger partial charge in [0.05, 0.1) is 11.3 Å². The first-order chi connectivity index (χ1) is 9.10. The number of nitrogens with two attached hydrogens (primary N) is 1. The van der Waals surface area contributed by atoms with Crippen LogP contribution >= 0.6 is 15.9 Å². The molecule has 0 atom stereocenters. The van der Waals surface area contributed by atoms with Gasteiger partial charge in [0.2, 0.25) is 5.91 Å². The molecule has 1 amide bonds. The van der Waals surface area contributed by atoms with Crippen LogP contribution in [0, 0.1) is 11.3 Å². The smallest absolute Gasteiger partial charge is 0.248 e. The van der Waals surface area contributed by atoms with Crippen molar-refractivity contribution in [3.8, 4) is 6.07 Å². The van der Waals surface area contributed by atoms with E-state index in [1.807, 2.05) is 6.07 Å². The number of benzene rings is 2. The Morgan fingerprint density at radius 1 is 1.26 bits per heavy atom. The van der Waals surface area contributed by atoms with E-state index in [-0.39, 0.29) is 0 Å². The van der Waals surface area contributed by atoms with E-state index < -0.39 is 5.91 Å². The Bertz CT molecular complexity index is 677. The second-order valence-corrected chi connectivity index (χ2v) is 4.79. The fourth-order valence-corrected chi connectivity index (χ4v) is 1.98. The second-order valence-electron chi connectivity index (χ2n) is 3.87. The molecule has 0 aromatic heterocycles. The number of halogens is 1. The predicted octanol–water partition coefficient (Wildman–Crippen LogP) is 3.16. The molecular weight excluding hydrogens is 306 g/mol. The number of nitriles is 1. The normalized spacial score (nSPS) is 9.68. The summed E-state index contributed by atoms with van der Waals surface area (Å²) in [6.07, 6.45) is 0. The zero-order valence-electron chi connectivity index (χ0n) is 9.85. The molecule has 0 fully saturated rings. The van der Waals surface area contributed by atoms with Crippen molar-refractivity contribution in [2.75, 3.05) is 5.32 Å². The van der Waals surface area contributed by atoms with Crippen molar-refractivity contribution < 1.29 is 4.79 Å². The Morgan fingerprint density at radius 3 is 2.74 bits per heavy atom. The first kappa shape index (κ1) is 13.1. The third kappa shape index (κ3) is 3.12. The molecule has 0 aliphatic rings. The van der Waals surface area contributed by atoms with Crippen LogP contribution in [0.2, 0.25) is 0 Å². The number of anilines is 2. The van der Waals surface area contributed by atoms with Crippen molar-refractivity contribution in [1.82, 2.24) is 0 Å². The number of nitrogens with zero attached hydrogens (tertiary/aromatic N) is 1. The third-order valence-corrected chi connectivity index (χ3v) is 3.02. The number of carbonyl (C=O) groups excluding carboxylic acids is 1. The zero-order chi connectivity index (χ0) is 13.8. The summed E-state index contributed by atoms with van der Waals surface area (Å²) in [5.74, 6) is -0.486. The fraction of sp³-hybridized carbons (Fsp3) is 0. The Kier molecular flexibility index (Phi) is 3.83. The number of carbonyl (C=O) groups is 1. The minimum atomic E-state index is -0.486. The van der Waals surface area contributed by atoms with Gasteiger partial charge in [-0.3, -0.25) is 4.79 Å². The summed E-state index contributed by atoms with van der Waals surface area (Å²) >= 11 is 3.31. The number of nitrogens with one attached hydrogen (secondary N) is 1. The van der Waals surface area contributed by atoms with Gasteiger partial charge in [0.25, 0.3) is 0 Å². The summed E-state index contributed by atoms with van der Waals surface area (Å²) in [6, 6.07) is 14.3. The SMILES string of the molecule is N#Cc1cc(Br)ccc1Nc1cccc(C(N)=O)c1. The van der Waals surface area contributed by atoms with Crippen LogP contribution in [0.25, 0.3) is 0 Å². The lowest BCUT2D eigenvalue weighted by atomic mass is 10.1. The van der Waals surface area contributed by atoms with E-state index in [4.69, 9.17) is 11.0 Å². The van der Waals surface area contributed by atoms with Crippen molar-refractivity contribution in [2.24, 2.45) is 5.73 Å². The maximum atomic E-state index is 11.1. The summed E-state index contributed by atoms with van der Waals surface area (Å²) in [6.45, 7) is 0. The van der Waals surface area contributed by atoms with Crippen molar-refractivity contribution in [3.05, 3.63) is 58.1 Å². The van der Waals surface area contributed by atoms with Gasteiger partial charge >= 0.3 is 0 Å². The lowest BCUT2D eigenvalue weighted by molar-refractivity contribution is 0.100. The molecule has 2 aromatic carbocycles. The van der Waals surface area contributed by atoms with Crippen LogP contribution in [0.1, 0.15) is 15.9 Å². The predicted molar refractivity (Wildman–Crippen MR) is 77.1 cm³/mol. The number of primary amides is 1. The summed E-state index contributed by atoms with van der Waals surface area (Å²) in [4.78, 5) is 11.1. The van der Waals surface area contributed by atoms with Gasteiger partial charge in [-0.2, -0.15) is 5.26 Å². The third-order valence-electron chi connectivity index (χ3n) is 2.53. The van der Waals surface area contributed by atoms with Crippen LogP contribution in [0.3, 0.4) is 0 Å².